The lowest BCUT2D eigenvalue weighted by Gasteiger charge is -2.03. The van der Waals surface area contributed by atoms with Gasteiger partial charge in [-0.2, -0.15) is 0 Å². The highest BCUT2D eigenvalue weighted by atomic mass is 32.2. The summed E-state index contributed by atoms with van der Waals surface area (Å²) in [4.78, 5) is 10.9. The Bertz CT molecular complexity index is 671. The summed E-state index contributed by atoms with van der Waals surface area (Å²) in [5.41, 5.74) is 1.33. The average Bonchev–Trinajstić information content (AvgIpc) is 2.45. The molecule has 0 aromatic heterocycles. The molecule has 1 N–H and O–H groups in total. The van der Waals surface area contributed by atoms with Gasteiger partial charge in [0.05, 0.1) is 10.6 Å². The molecule has 5 nitrogen and oxygen atoms in total. The van der Waals surface area contributed by atoms with Crippen molar-refractivity contribution >= 4 is 23.3 Å². The fourth-order valence-corrected chi connectivity index (χ4v) is 2.26. The maximum absolute atomic E-state index is 10.7. The Labute approximate surface area is 120 Å². The summed E-state index contributed by atoms with van der Waals surface area (Å²) in [6.07, 6.45) is 0. The van der Waals surface area contributed by atoms with Crippen molar-refractivity contribution < 1.29 is 10.0 Å². The molecule has 0 amide bonds. The van der Waals surface area contributed by atoms with Crippen molar-refractivity contribution in [2.45, 2.75) is 11.8 Å². The Morgan fingerprint density at radius 3 is 2.70 bits per heavy atom. The van der Waals surface area contributed by atoms with Gasteiger partial charge in [0.2, 0.25) is 0 Å². The number of phenolic OH excluding ortho intramolecular Hbond substituents is 1. The van der Waals surface area contributed by atoms with E-state index in [9.17, 15) is 15.2 Å². The first-order valence-electron chi connectivity index (χ1n) is 5.82. The fraction of sp³-hybridized carbons (Fsp3) is 0.0714. The Morgan fingerprint density at radius 2 is 2.00 bits per heavy atom. The molecule has 6 heteroatoms. The zero-order chi connectivity index (χ0) is 14.5. The smallest absolute Gasteiger partial charge is 0.270 e. The molecule has 0 unspecified atom stereocenters. The maximum Gasteiger partial charge on any atom is 0.270 e. The van der Waals surface area contributed by atoms with Gasteiger partial charge in [0, 0.05) is 34.5 Å². The summed E-state index contributed by atoms with van der Waals surface area (Å²) in [5, 5.41) is 20.4. The molecule has 0 aliphatic heterocycles. The molecule has 20 heavy (non-hydrogen) atoms. The van der Waals surface area contributed by atoms with Crippen LogP contribution < -0.4 is 0 Å². The van der Waals surface area contributed by atoms with Crippen LogP contribution >= 0.6 is 11.9 Å². The van der Waals surface area contributed by atoms with Gasteiger partial charge in [-0.25, -0.2) is 4.40 Å². The molecule has 0 fully saturated rings. The minimum atomic E-state index is -0.441. The second kappa shape index (κ2) is 6.21. The van der Waals surface area contributed by atoms with Crippen molar-refractivity contribution in [3.63, 3.8) is 0 Å². The minimum Gasteiger partial charge on any atom is -0.507 e. The number of nitrogens with zero attached hydrogens (tertiary/aromatic N) is 2. The highest BCUT2D eigenvalue weighted by Gasteiger charge is 2.07. The molecule has 0 heterocycles. The molecule has 0 saturated carbocycles. The van der Waals surface area contributed by atoms with Crippen molar-refractivity contribution in [3.8, 4) is 5.75 Å². The van der Waals surface area contributed by atoms with Crippen molar-refractivity contribution in [1.82, 2.24) is 0 Å². The summed E-state index contributed by atoms with van der Waals surface area (Å²) in [6, 6.07) is 13.2. The van der Waals surface area contributed by atoms with Gasteiger partial charge in [-0.3, -0.25) is 10.1 Å². The molecule has 0 radical (unpaired) electrons. The van der Waals surface area contributed by atoms with E-state index in [0.717, 1.165) is 11.9 Å². The monoisotopic (exact) mass is 288 g/mol. The predicted octanol–water partition coefficient (Wildman–Crippen LogP) is 3.82. The number of hydrogen-bond acceptors (Lipinski definition) is 5. The van der Waals surface area contributed by atoms with E-state index in [1.165, 1.54) is 12.1 Å². The molecule has 0 aliphatic carbocycles. The first-order chi connectivity index (χ1) is 9.58. The predicted molar refractivity (Wildman–Crippen MR) is 79.3 cm³/mol. The molecule has 0 spiro atoms. The SMILES string of the molecule is CC(=NSc1cccc([N+](=O)[O-])c1)c1ccccc1O. The lowest BCUT2D eigenvalue weighted by Crippen LogP contribution is -1.93. The van der Waals surface area contributed by atoms with E-state index in [1.54, 1.807) is 37.3 Å². The molecule has 2 rings (SSSR count). The number of rotatable bonds is 4. The number of non-ortho nitro benzene ring substituents is 1. The summed E-state index contributed by atoms with van der Waals surface area (Å²) >= 11 is 1.14. The van der Waals surface area contributed by atoms with E-state index in [-0.39, 0.29) is 11.4 Å². The number of benzene rings is 2. The van der Waals surface area contributed by atoms with E-state index < -0.39 is 4.92 Å². The number of nitro groups is 1. The third-order valence-corrected chi connectivity index (χ3v) is 3.44. The van der Waals surface area contributed by atoms with E-state index >= 15 is 0 Å². The molecule has 2 aromatic carbocycles. The van der Waals surface area contributed by atoms with Crippen LogP contribution in [-0.4, -0.2) is 15.7 Å². The first kappa shape index (κ1) is 14.1. The van der Waals surface area contributed by atoms with Crippen LogP contribution in [0.5, 0.6) is 5.75 Å². The first-order valence-corrected chi connectivity index (χ1v) is 6.59. The van der Waals surface area contributed by atoms with Gasteiger partial charge in [0.15, 0.2) is 0 Å². The molecule has 102 valence electrons. The third-order valence-electron chi connectivity index (χ3n) is 2.61. The largest absolute Gasteiger partial charge is 0.507 e. The van der Waals surface area contributed by atoms with Crippen LogP contribution in [0.1, 0.15) is 12.5 Å². The average molecular weight is 288 g/mol. The fourth-order valence-electron chi connectivity index (χ4n) is 1.60. The normalized spacial score (nSPS) is 11.3. The molecule has 0 aliphatic rings. The van der Waals surface area contributed by atoms with E-state index in [2.05, 4.69) is 4.40 Å². The Hall–Kier alpha value is -2.34. The standard InChI is InChI=1S/C14H12N2O3S/c1-10(13-7-2-3-8-14(13)17)15-20-12-6-4-5-11(9-12)16(18)19/h2-9,17H,1H3. The Balaban J connectivity index is 2.19. The number of nitro benzene ring substituents is 1. The van der Waals surface area contributed by atoms with Crippen LogP contribution in [0.25, 0.3) is 0 Å². The third kappa shape index (κ3) is 3.36. The Morgan fingerprint density at radius 1 is 1.25 bits per heavy atom. The highest BCUT2D eigenvalue weighted by molar-refractivity contribution is 7.98. The molecule has 0 atom stereocenters. The van der Waals surface area contributed by atoms with Gasteiger partial charge in [-0.05, 0) is 25.1 Å². The van der Waals surface area contributed by atoms with Crippen molar-refractivity contribution in [2.24, 2.45) is 4.40 Å². The lowest BCUT2D eigenvalue weighted by atomic mass is 10.1. The maximum atomic E-state index is 10.7. The zero-order valence-corrected chi connectivity index (χ0v) is 11.5. The second-order valence-corrected chi connectivity index (χ2v) is 4.88. The number of aromatic hydroxyl groups is 1. The number of hydrogen-bond donors (Lipinski definition) is 1. The highest BCUT2D eigenvalue weighted by Crippen LogP contribution is 2.25. The van der Waals surface area contributed by atoms with Gasteiger partial charge in [-0.1, -0.05) is 18.2 Å². The van der Waals surface area contributed by atoms with Gasteiger partial charge in [0.25, 0.3) is 5.69 Å². The summed E-state index contributed by atoms with van der Waals surface area (Å²) < 4.78 is 4.28. The van der Waals surface area contributed by atoms with Crippen molar-refractivity contribution in [2.75, 3.05) is 0 Å². The minimum absolute atomic E-state index is 0.0328. The topological polar surface area (TPSA) is 75.7 Å². The lowest BCUT2D eigenvalue weighted by molar-refractivity contribution is -0.385. The van der Waals surface area contributed by atoms with Crippen LogP contribution in [-0.2, 0) is 0 Å². The summed E-state index contributed by atoms with van der Waals surface area (Å²) in [5.74, 6) is 0.161. The summed E-state index contributed by atoms with van der Waals surface area (Å²) in [6.45, 7) is 1.78. The summed E-state index contributed by atoms with van der Waals surface area (Å²) in [7, 11) is 0. The molecular weight excluding hydrogens is 276 g/mol. The van der Waals surface area contributed by atoms with Crippen LogP contribution in [0.15, 0.2) is 57.8 Å². The van der Waals surface area contributed by atoms with Gasteiger partial charge in [0.1, 0.15) is 5.75 Å². The van der Waals surface area contributed by atoms with Crippen molar-refractivity contribution in [3.05, 3.63) is 64.2 Å². The van der Waals surface area contributed by atoms with Crippen LogP contribution in [0.3, 0.4) is 0 Å². The second-order valence-electron chi connectivity index (χ2n) is 4.04. The van der Waals surface area contributed by atoms with Crippen LogP contribution in [0.2, 0.25) is 0 Å². The molecule has 0 saturated heterocycles. The molecular formula is C14H12N2O3S. The molecule has 0 bridgehead atoms. The van der Waals surface area contributed by atoms with E-state index in [4.69, 9.17) is 0 Å². The quantitative estimate of drug-likeness (QED) is 0.401. The van der Waals surface area contributed by atoms with Gasteiger partial charge >= 0.3 is 0 Å². The van der Waals surface area contributed by atoms with E-state index in [1.807, 2.05) is 6.07 Å². The van der Waals surface area contributed by atoms with Crippen molar-refractivity contribution in [1.29, 1.82) is 0 Å². The van der Waals surface area contributed by atoms with Crippen LogP contribution in [0.4, 0.5) is 5.69 Å². The van der Waals surface area contributed by atoms with Gasteiger partial charge < -0.3 is 5.11 Å². The van der Waals surface area contributed by atoms with E-state index in [0.29, 0.717) is 16.2 Å². The number of phenols is 1. The van der Waals surface area contributed by atoms with Gasteiger partial charge in [-0.15, -0.1) is 0 Å². The number of para-hydroxylation sites is 1. The van der Waals surface area contributed by atoms with Crippen LogP contribution in [0, 0.1) is 10.1 Å². The molecule has 2 aromatic rings. The zero-order valence-electron chi connectivity index (χ0n) is 10.7. The Kier molecular flexibility index (Phi) is 4.37.